The van der Waals surface area contributed by atoms with Crippen molar-refractivity contribution in [2.75, 3.05) is 51.8 Å². The second-order valence-electron chi connectivity index (χ2n) is 8.01. The standard InChI is InChI=1S/C24H29N3O4/c1-17(28)27-9-8-18-14-19(4-6-22(18)27)24(29)26-12-10-25(11-13-26)16-20-15-21(30-2)5-7-23(20)31-3/h4-7,14-15H,8-13,16H2,1-3H3. The van der Waals surface area contributed by atoms with Crippen LogP contribution in [0.15, 0.2) is 36.4 Å². The van der Waals surface area contributed by atoms with Crippen molar-refractivity contribution in [1.82, 2.24) is 9.80 Å². The Hall–Kier alpha value is -3.06. The number of benzene rings is 2. The second-order valence-corrected chi connectivity index (χ2v) is 8.01. The molecule has 2 aliphatic rings. The van der Waals surface area contributed by atoms with Crippen LogP contribution in [0.5, 0.6) is 11.5 Å². The van der Waals surface area contributed by atoms with Gasteiger partial charge in [-0.3, -0.25) is 14.5 Å². The molecule has 0 atom stereocenters. The van der Waals surface area contributed by atoms with Crippen LogP contribution in [-0.2, 0) is 17.8 Å². The first-order valence-corrected chi connectivity index (χ1v) is 10.6. The lowest BCUT2D eigenvalue weighted by atomic mass is 10.1. The molecule has 7 heteroatoms. The molecule has 0 radical (unpaired) electrons. The minimum atomic E-state index is 0.0432. The topological polar surface area (TPSA) is 62.3 Å². The van der Waals surface area contributed by atoms with Gasteiger partial charge in [-0.1, -0.05) is 0 Å². The SMILES string of the molecule is COc1ccc(OC)c(CN2CCN(C(=O)c3ccc4c(c3)CCN4C(C)=O)CC2)c1. The summed E-state index contributed by atoms with van der Waals surface area (Å²) in [6.45, 7) is 5.99. The third-order valence-electron chi connectivity index (χ3n) is 6.14. The highest BCUT2D eigenvalue weighted by Gasteiger charge is 2.26. The van der Waals surface area contributed by atoms with Gasteiger partial charge in [0, 0.05) is 63.0 Å². The lowest BCUT2D eigenvalue weighted by Crippen LogP contribution is -2.48. The Balaban J connectivity index is 1.38. The van der Waals surface area contributed by atoms with Crippen molar-refractivity contribution >= 4 is 17.5 Å². The molecule has 0 bridgehead atoms. The highest BCUT2D eigenvalue weighted by Crippen LogP contribution is 2.30. The quantitative estimate of drug-likeness (QED) is 0.740. The van der Waals surface area contributed by atoms with Crippen LogP contribution in [0.2, 0.25) is 0 Å². The van der Waals surface area contributed by atoms with E-state index in [2.05, 4.69) is 4.90 Å². The Labute approximate surface area is 183 Å². The number of ether oxygens (including phenoxy) is 2. The number of piperazine rings is 1. The molecule has 0 unspecified atom stereocenters. The molecule has 0 spiro atoms. The number of carbonyl (C=O) groups is 2. The molecule has 2 heterocycles. The minimum Gasteiger partial charge on any atom is -0.497 e. The molecule has 2 aliphatic heterocycles. The zero-order valence-corrected chi connectivity index (χ0v) is 18.4. The average Bonchev–Trinajstić information content (AvgIpc) is 3.22. The largest absolute Gasteiger partial charge is 0.497 e. The van der Waals surface area contributed by atoms with Crippen LogP contribution in [0, 0.1) is 0 Å². The summed E-state index contributed by atoms with van der Waals surface area (Å²) in [5.41, 5.74) is 3.79. The summed E-state index contributed by atoms with van der Waals surface area (Å²) < 4.78 is 10.8. The number of nitrogens with zero attached hydrogens (tertiary/aromatic N) is 3. The normalized spacial score (nSPS) is 16.2. The van der Waals surface area contributed by atoms with Gasteiger partial charge in [-0.25, -0.2) is 0 Å². The summed E-state index contributed by atoms with van der Waals surface area (Å²) in [6.07, 6.45) is 0.798. The highest BCUT2D eigenvalue weighted by atomic mass is 16.5. The molecule has 0 aliphatic carbocycles. The van der Waals surface area contributed by atoms with Crippen LogP contribution in [-0.4, -0.2) is 68.6 Å². The molecule has 0 N–H and O–H groups in total. The number of amides is 2. The lowest BCUT2D eigenvalue weighted by Gasteiger charge is -2.35. The first-order valence-electron chi connectivity index (χ1n) is 10.6. The van der Waals surface area contributed by atoms with Gasteiger partial charge in [-0.2, -0.15) is 0 Å². The maximum Gasteiger partial charge on any atom is 0.253 e. The Morgan fingerprint density at radius 1 is 0.935 bits per heavy atom. The van der Waals surface area contributed by atoms with E-state index in [4.69, 9.17) is 9.47 Å². The summed E-state index contributed by atoms with van der Waals surface area (Å²) in [7, 11) is 3.33. The van der Waals surface area contributed by atoms with E-state index in [0.29, 0.717) is 25.2 Å². The van der Waals surface area contributed by atoms with Gasteiger partial charge >= 0.3 is 0 Å². The van der Waals surface area contributed by atoms with Crippen LogP contribution < -0.4 is 14.4 Å². The smallest absolute Gasteiger partial charge is 0.253 e. The maximum atomic E-state index is 13.1. The highest BCUT2D eigenvalue weighted by molar-refractivity contribution is 5.98. The molecule has 1 saturated heterocycles. The predicted octanol–water partition coefficient (Wildman–Crippen LogP) is 2.57. The summed E-state index contributed by atoms with van der Waals surface area (Å²) >= 11 is 0. The van der Waals surface area contributed by atoms with Crippen LogP contribution in [0.25, 0.3) is 0 Å². The van der Waals surface area contributed by atoms with Crippen molar-refractivity contribution in [3.63, 3.8) is 0 Å². The molecule has 2 aromatic carbocycles. The number of anilines is 1. The molecule has 0 saturated carbocycles. The first-order chi connectivity index (χ1) is 15.0. The van der Waals surface area contributed by atoms with Crippen LogP contribution in [0.4, 0.5) is 5.69 Å². The van der Waals surface area contributed by atoms with Gasteiger partial charge in [0.2, 0.25) is 5.91 Å². The Morgan fingerprint density at radius 2 is 1.71 bits per heavy atom. The summed E-state index contributed by atoms with van der Waals surface area (Å²) in [5.74, 6) is 1.76. The fraction of sp³-hybridized carbons (Fsp3) is 0.417. The Bertz CT molecular complexity index is 983. The lowest BCUT2D eigenvalue weighted by molar-refractivity contribution is -0.116. The number of hydrogen-bond acceptors (Lipinski definition) is 5. The second kappa shape index (κ2) is 8.98. The van der Waals surface area contributed by atoms with Crippen molar-refractivity contribution in [3.05, 3.63) is 53.1 Å². The third-order valence-corrected chi connectivity index (χ3v) is 6.14. The molecular weight excluding hydrogens is 394 g/mol. The van der Waals surface area contributed by atoms with Gasteiger partial charge in [0.1, 0.15) is 11.5 Å². The molecule has 31 heavy (non-hydrogen) atoms. The zero-order chi connectivity index (χ0) is 22.0. The van der Waals surface area contributed by atoms with E-state index in [1.54, 1.807) is 26.0 Å². The number of methoxy groups -OCH3 is 2. The van der Waals surface area contributed by atoms with E-state index in [-0.39, 0.29) is 11.8 Å². The first kappa shape index (κ1) is 21.2. The summed E-state index contributed by atoms with van der Waals surface area (Å²) in [6, 6.07) is 11.5. The van der Waals surface area contributed by atoms with Gasteiger partial charge in [0.25, 0.3) is 5.91 Å². The van der Waals surface area contributed by atoms with E-state index in [9.17, 15) is 9.59 Å². The number of carbonyl (C=O) groups excluding carboxylic acids is 2. The van der Waals surface area contributed by atoms with Gasteiger partial charge in [0.05, 0.1) is 14.2 Å². The van der Waals surface area contributed by atoms with Crippen molar-refractivity contribution < 1.29 is 19.1 Å². The van der Waals surface area contributed by atoms with Crippen molar-refractivity contribution in [2.24, 2.45) is 0 Å². The third kappa shape index (κ3) is 4.37. The van der Waals surface area contributed by atoms with Crippen molar-refractivity contribution in [3.8, 4) is 11.5 Å². The maximum absolute atomic E-state index is 13.1. The van der Waals surface area contributed by atoms with Crippen LogP contribution >= 0.6 is 0 Å². The summed E-state index contributed by atoms with van der Waals surface area (Å²) in [4.78, 5) is 30.8. The van der Waals surface area contributed by atoms with E-state index in [1.807, 2.05) is 41.3 Å². The van der Waals surface area contributed by atoms with E-state index in [1.165, 1.54) is 0 Å². The number of fused-ring (bicyclic) bond motifs is 1. The molecule has 7 nitrogen and oxygen atoms in total. The van der Waals surface area contributed by atoms with Crippen molar-refractivity contribution in [2.45, 2.75) is 19.9 Å². The van der Waals surface area contributed by atoms with Crippen LogP contribution in [0.3, 0.4) is 0 Å². The molecule has 164 valence electrons. The molecule has 4 rings (SSSR count). The number of rotatable bonds is 5. The average molecular weight is 424 g/mol. The van der Waals surface area contributed by atoms with Gasteiger partial charge in [-0.05, 0) is 48.4 Å². The molecule has 0 aromatic heterocycles. The fourth-order valence-electron chi connectivity index (χ4n) is 4.40. The Kier molecular flexibility index (Phi) is 6.13. The fourth-order valence-corrected chi connectivity index (χ4v) is 4.40. The summed E-state index contributed by atoms with van der Waals surface area (Å²) in [5, 5.41) is 0. The molecular formula is C24H29N3O4. The van der Waals surface area contributed by atoms with Gasteiger partial charge in [0.15, 0.2) is 0 Å². The number of hydrogen-bond donors (Lipinski definition) is 0. The van der Waals surface area contributed by atoms with Gasteiger partial charge in [-0.15, -0.1) is 0 Å². The minimum absolute atomic E-state index is 0.0432. The zero-order valence-electron chi connectivity index (χ0n) is 18.4. The monoisotopic (exact) mass is 423 g/mol. The predicted molar refractivity (Wildman–Crippen MR) is 119 cm³/mol. The van der Waals surface area contributed by atoms with E-state index < -0.39 is 0 Å². The Morgan fingerprint density at radius 3 is 2.39 bits per heavy atom. The van der Waals surface area contributed by atoms with Crippen LogP contribution in [0.1, 0.15) is 28.4 Å². The van der Waals surface area contributed by atoms with Gasteiger partial charge < -0.3 is 19.3 Å². The molecule has 2 amide bonds. The molecule has 1 fully saturated rings. The van der Waals surface area contributed by atoms with E-state index >= 15 is 0 Å². The van der Waals surface area contributed by atoms with Crippen molar-refractivity contribution in [1.29, 1.82) is 0 Å². The van der Waals surface area contributed by atoms with E-state index in [0.717, 1.165) is 54.4 Å². The molecule has 2 aromatic rings.